The lowest BCUT2D eigenvalue weighted by Gasteiger charge is -2.43. The number of aromatic carboxylic acids is 1. The second-order valence-electron chi connectivity index (χ2n) is 7.36. The quantitative estimate of drug-likeness (QED) is 0.827. The summed E-state index contributed by atoms with van der Waals surface area (Å²) in [5, 5.41) is 12.8. The van der Waals surface area contributed by atoms with Crippen molar-refractivity contribution in [1.29, 1.82) is 0 Å². The summed E-state index contributed by atoms with van der Waals surface area (Å²) < 4.78 is 0. The Morgan fingerprint density at radius 3 is 2.71 bits per heavy atom. The molecule has 1 aromatic rings. The van der Waals surface area contributed by atoms with Crippen LogP contribution in [0.15, 0.2) is 12.1 Å². The maximum absolute atomic E-state index is 11.1. The second kappa shape index (κ2) is 4.60. The van der Waals surface area contributed by atoms with Gasteiger partial charge in [0, 0.05) is 6.04 Å². The molecule has 2 fully saturated rings. The van der Waals surface area contributed by atoms with Gasteiger partial charge in [0.15, 0.2) is 0 Å². The second-order valence-corrected chi connectivity index (χ2v) is 7.75. The van der Waals surface area contributed by atoms with E-state index < -0.39 is 5.97 Å². The van der Waals surface area contributed by atoms with Gasteiger partial charge < -0.3 is 10.4 Å². The van der Waals surface area contributed by atoms with Crippen LogP contribution in [0.1, 0.15) is 50.4 Å². The molecule has 2 bridgehead atoms. The highest BCUT2D eigenvalue weighted by Crippen LogP contribution is 2.63. The number of hydrogen-bond acceptors (Lipinski definition) is 3. The summed E-state index contributed by atoms with van der Waals surface area (Å²) in [6, 6.07) is 3.24. The molecule has 3 atom stereocenters. The Labute approximate surface area is 129 Å². The minimum atomic E-state index is -0.985. The lowest BCUT2D eigenvalue weighted by Crippen LogP contribution is -2.46. The van der Waals surface area contributed by atoms with Gasteiger partial charge in [-0.25, -0.2) is 9.78 Å². The van der Waals surface area contributed by atoms with Crippen LogP contribution >= 0.6 is 11.6 Å². The largest absolute Gasteiger partial charge is 0.478 e. The number of carbonyl (C=O) groups is 1. The van der Waals surface area contributed by atoms with Crippen LogP contribution in [0.5, 0.6) is 0 Å². The molecule has 0 aromatic carbocycles. The Bertz CT molecular complexity index is 597. The molecule has 0 spiro atoms. The molecule has 21 heavy (non-hydrogen) atoms. The third-order valence-electron chi connectivity index (χ3n) is 5.60. The summed E-state index contributed by atoms with van der Waals surface area (Å²) in [6.07, 6.45) is 3.72. The zero-order valence-electron chi connectivity index (χ0n) is 12.6. The number of carboxylic acids is 1. The van der Waals surface area contributed by atoms with Gasteiger partial charge in [-0.1, -0.05) is 32.4 Å². The van der Waals surface area contributed by atoms with Crippen molar-refractivity contribution in [3.05, 3.63) is 22.8 Å². The topological polar surface area (TPSA) is 62.2 Å². The first-order valence-corrected chi connectivity index (χ1v) is 7.77. The first kappa shape index (κ1) is 14.6. The van der Waals surface area contributed by atoms with Crippen molar-refractivity contribution in [1.82, 2.24) is 4.98 Å². The molecule has 1 aromatic heterocycles. The SMILES string of the molecule is CC12CCC(C1)C(C)(C)C2Nc1cc(C(=O)O)cc(Cl)n1. The summed E-state index contributed by atoms with van der Waals surface area (Å²) in [6.45, 7) is 6.91. The van der Waals surface area contributed by atoms with Gasteiger partial charge in [-0.15, -0.1) is 0 Å². The Morgan fingerprint density at radius 2 is 2.14 bits per heavy atom. The lowest BCUT2D eigenvalue weighted by molar-refractivity contribution is 0.0697. The molecule has 2 N–H and O–H groups in total. The van der Waals surface area contributed by atoms with E-state index >= 15 is 0 Å². The molecular formula is C16H21ClN2O2. The van der Waals surface area contributed by atoms with Gasteiger partial charge in [-0.2, -0.15) is 0 Å². The number of rotatable bonds is 3. The van der Waals surface area contributed by atoms with Gasteiger partial charge in [0.05, 0.1) is 5.56 Å². The highest BCUT2D eigenvalue weighted by Gasteiger charge is 2.59. The van der Waals surface area contributed by atoms with E-state index in [9.17, 15) is 4.79 Å². The van der Waals surface area contributed by atoms with E-state index in [2.05, 4.69) is 31.1 Å². The number of anilines is 1. The van der Waals surface area contributed by atoms with Crippen molar-refractivity contribution in [3.63, 3.8) is 0 Å². The predicted molar refractivity (Wildman–Crippen MR) is 82.8 cm³/mol. The molecule has 5 heteroatoms. The molecular weight excluding hydrogens is 288 g/mol. The van der Waals surface area contributed by atoms with E-state index in [-0.39, 0.29) is 27.6 Å². The fourth-order valence-electron chi connectivity index (χ4n) is 4.50. The number of carboxylic acid groups (broad SMARTS) is 1. The molecule has 0 aliphatic heterocycles. The number of hydrogen-bond donors (Lipinski definition) is 2. The van der Waals surface area contributed by atoms with Crippen LogP contribution < -0.4 is 5.32 Å². The highest BCUT2D eigenvalue weighted by atomic mass is 35.5. The van der Waals surface area contributed by atoms with Crippen LogP contribution in [-0.4, -0.2) is 22.1 Å². The molecule has 0 radical (unpaired) electrons. The van der Waals surface area contributed by atoms with Gasteiger partial charge in [0.25, 0.3) is 0 Å². The number of nitrogens with one attached hydrogen (secondary N) is 1. The van der Waals surface area contributed by atoms with E-state index in [1.807, 2.05) is 0 Å². The molecule has 114 valence electrons. The third kappa shape index (κ3) is 2.30. The van der Waals surface area contributed by atoms with Crippen LogP contribution in [-0.2, 0) is 0 Å². The molecule has 0 saturated heterocycles. The van der Waals surface area contributed by atoms with Crippen molar-refractivity contribution >= 4 is 23.4 Å². The number of nitrogens with zero attached hydrogens (tertiary/aromatic N) is 1. The molecule has 2 aliphatic carbocycles. The van der Waals surface area contributed by atoms with Gasteiger partial charge in [0.1, 0.15) is 11.0 Å². The van der Waals surface area contributed by atoms with Crippen molar-refractivity contribution in [2.75, 3.05) is 5.32 Å². The van der Waals surface area contributed by atoms with E-state index in [4.69, 9.17) is 16.7 Å². The zero-order chi connectivity index (χ0) is 15.4. The summed E-state index contributed by atoms with van der Waals surface area (Å²) in [5.41, 5.74) is 0.602. The fourth-order valence-corrected chi connectivity index (χ4v) is 4.71. The Balaban J connectivity index is 1.92. The van der Waals surface area contributed by atoms with E-state index in [1.54, 1.807) is 6.07 Å². The average Bonchev–Trinajstić information content (AvgIpc) is 2.85. The Kier molecular flexibility index (Phi) is 3.21. The summed E-state index contributed by atoms with van der Waals surface area (Å²) in [5.74, 6) is 0.297. The van der Waals surface area contributed by atoms with Gasteiger partial charge in [0.2, 0.25) is 0 Å². The summed E-state index contributed by atoms with van der Waals surface area (Å²) in [4.78, 5) is 15.4. The minimum Gasteiger partial charge on any atom is -0.478 e. The smallest absolute Gasteiger partial charge is 0.335 e. The zero-order valence-corrected chi connectivity index (χ0v) is 13.4. The normalized spacial score (nSPS) is 33.1. The van der Waals surface area contributed by atoms with Crippen LogP contribution in [0, 0.1) is 16.7 Å². The van der Waals surface area contributed by atoms with Crippen LogP contribution in [0.2, 0.25) is 5.15 Å². The number of aromatic nitrogens is 1. The number of pyridine rings is 1. The standard InChI is InChI=1S/C16H21ClN2O2/c1-15(2)10-4-5-16(3,8-10)14(15)19-12-7-9(13(20)21)6-11(17)18-12/h6-7,10,14H,4-5,8H2,1-3H3,(H,18,19)(H,20,21). The molecule has 3 unspecified atom stereocenters. The third-order valence-corrected chi connectivity index (χ3v) is 5.80. The van der Waals surface area contributed by atoms with E-state index in [1.165, 1.54) is 25.3 Å². The average molecular weight is 309 g/mol. The van der Waals surface area contributed by atoms with Crippen molar-refractivity contribution in [2.24, 2.45) is 16.7 Å². The van der Waals surface area contributed by atoms with Gasteiger partial charge >= 0.3 is 5.97 Å². The monoisotopic (exact) mass is 308 g/mol. The lowest BCUT2D eigenvalue weighted by atomic mass is 9.68. The fraction of sp³-hybridized carbons (Fsp3) is 0.625. The molecule has 4 nitrogen and oxygen atoms in total. The van der Waals surface area contributed by atoms with E-state index in [0.717, 1.165) is 5.92 Å². The molecule has 3 rings (SSSR count). The number of halogens is 1. The van der Waals surface area contributed by atoms with Crippen molar-refractivity contribution in [3.8, 4) is 0 Å². The molecule has 0 amide bonds. The van der Waals surface area contributed by atoms with Gasteiger partial charge in [-0.05, 0) is 48.1 Å². The molecule has 1 heterocycles. The van der Waals surface area contributed by atoms with Crippen molar-refractivity contribution < 1.29 is 9.90 Å². The maximum atomic E-state index is 11.1. The molecule has 2 saturated carbocycles. The first-order chi connectivity index (χ1) is 9.72. The van der Waals surface area contributed by atoms with Gasteiger partial charge in [-0.3, -0.25) is 0 Å². The highest BCUT2D eigenvalue weighted by molar-refractivity contribution is 6.29. The minimum absolute atomic E-state index is 0.170. The molecule has 2 aliphatic rings. The summed E-state index contributed by atoms with van der Waals surface area (Å²) in [7, 11) is 0. The van der Waals surface area contributed by atoms with Crippen LogP contribution in [0.3, 0.4) is 0 Å². The Hall–Kier alpha value is -1.29. The van der Waals surface area contributed by atoms with Crippen LogP contribution in [0.25, 0.3) is 0 Å². The summed E-state index contributed by atoms with van der Waals surface area (Å²) >= 11 is 5.95. The Morgan fingerprint density at radius 1 is 1.43 bits per heavy atom. The van der Waals surface area contributed by atoms with Crippen molar-refractivity contribution in [2.45, 2.75) is 46.1 Å². The predicted octanol–water partition coefficient (Wildman–Crippen LogP) is 4.06. The van der Waals surface area contributed by atoms with Crippen LogP contribution in [0.4, 0.5) is 5.82 Å². The first-order valence-electron chi connectivity index (χ1n) is 7.40. The maximum Gasteiger partial charge on any atom is 0.335 e. The van der Waals surface area contributed by atoms with E-state index in [0.29, 0.717) is 5.82 Å². The number of fused-ring (bicyclic) bond motifs is 2.